The van der Waals surface area contributed by atoms with Crippen molar-refractivity contribution in [1.29, 1.82) is 0 Å². The average molecular weight is 278 g/mol. The Kier molecular flexibility index (Phi) is 3.83. The van der Waals surface area contributed by atoms with Gasteiger partial charge in [0.1, 0.15) is 17.4 Å². The Morgan fingerprint density at radius 1 is 1.35 bits per heavy atom. The highest BCUT2D eigenvalue weighted by atomic mass is 16.6. The average Bonchev–Trinajstić information content (AvgIpc) is 2.41. The SMILES string of the molecule is CNc1cccc(NC2CCC(=O)NC2=O)c1[N+](=O)[O-]. The van der Waals surface area contributed by atoms with Gasteiger partial charge < -0.3 is 10.6 Å². The van der Waals surface area contributed by atoms with Gasteiger partial charge in [-0.3, -0.25) is 25.0 Å². The summed E-state index contributed by atoms with van der Waals surface area (Å²) >= 11 is 0. The van der Waals surface area contributed by atoms with Crippen LogP contribution in [0.5, 0.6) is 0 Å². The van der Waals surface area contributed by atoms with Gasteiger partial charge in [-0.2, -0.15) is 0 Å². The number of hydrogen-bond acceptors (Lipinski definition) is 6. The zero-order valence-electron chi connectivity index (χ0n) is 10.8. The summed E-state index contributed by atoms with van der Waals surface area (Å²) in [5.41, 5.74) is 0.475. The Bertz CT molecular complexity index is 573. The minimum absolute atomic E-state index is 0.125. The number of nitrogens with one attached hydrogen (secondary N) is 3. The van der Waals surface area contributed by atoms with Crippen molar-refractivity contribution >= 4 is 28.9 Å². The van der Waals surface area contributed by atoms with Gasteiger partial charge in [-0.1, -0.05) is 6.07 Å². The number of nitrogens with zero attached hydrogens (tertiary/aromatic N) is 1. The Hall–Kier alpha value is -2.64. The molecule has 3 N–H and O–H groups in total. The van der Waals surface area contributed by atoms with Crippen LogP contribution in [-0.4, -0.2) is 29.8 Å². The van der Waals surface area contributed by atoms with Gasteiger partial charge in [-0.25, -0.2) is 0 Å². The van der Waals surface area contributed by atoms with Crippen LogP contribution < -0.4 is 16.0 Å². The van der Waals surface area contributed by atoms with Crippen molar-refractivity contribution in [2.75, 3.05) is 17.7 Å². The molecule has 1 aliphatic heterocycles. The molecule has 0 aliphatic carbocycles. The number of carbonyl (C=O) groups is 2. The van der Waals surface area contributed by atoms with E-state index in [1.807, 2.05) is 0 Å². The fraction of sp³-hybridized carbons (Fsp3) is 0.333. The second kappa shape index (κ2) is 5.55. The summed E-state index contributed by atoms with van der Waals surface area (Å²) in [5.74, 6) is -0.795. The molecule has 0 aromatic heterocycles. The zero-order valence-corrected chi connectivity index (χ0v) is 10.8. The first-order valence-corrected chi connectivity index (χ1v) is 6.08. The number of imide groups is 1. The number of piperidine rings is 1. The number of nitro benzene ring substituents is 1. The largest absolute Gasteiger partial charge is 0.382 e. The van der Waals surface area contributed by atoms with Gasteiger partial charge in [-0.05, 0) is 18.6 Å². The van der Waals surface area contributed by atoms with E-state index in [0.29, 0.717) is 12.1 Å². The Balaban J connectivity index is 2.27. The highest BCUT2D eigenvalue weighted by molar-refractivity contribution is 6.01. The topological polar surface area (TPSA) is 113 Å². The molecule has 0 radical (unpaired) electrons. The highest BCUT2D eigenvalue weighted by Gasteiger charge is 2.29. The van der Waals surface area contributed by atoms with Crippen LogP contribution >= 0.6 is 0 Å². The van der Waals surface area contributed by atoms with Gasteiger partial charge in [-0.15, -0.1) is 0 Å². The lowest BCUT2D eigenvalue weighted by Gasteiger charge is -2.22. The van der Waals surface area contributed by atoms with E-state index in [9.17, 15) is 19.7 Å². The minimum atomic E-state index is -0.654. The molecule has 0 spiro atoms. The molecule has 8 nitrogen and oxygen atoms in total. The molecule has 1 aromatic carbocycles. The van der Waals surface area contributed by atoms with Crippen molar-refractivity contribution in [3.63, 3.8) is 0 Å². The van der Waals surface area contributed by atoms with Crippen molar-refractivity contribution in [2.24, 2.45) is 0 Å². The molecular weight excluding hydrogens is 264 g/mol. The lowest BCUT2D eigenvalue weighted by atomic mass is 10.1. The minimum Gasteiger partial charge on any atom is -0.382 e. The van der Waals surface area contributed by atoms with Gasteiger partial charge in [0.25, 0.3) is 0 Å². The second-order valence-electron chi connectivity index (χ2n) is 4.36. The van der Waals surface area contributed by atoms with Crippen LogP contribution in [0.2, 0.25) is 0 Å². The summed E-state index contributed by atoms with van der Waals surface area (Å²) in [6.45, 7) is 0. The summed E-state index contributed by atoms with van der Waals surface area (Å²) in [5, 5.41) is 18.9. The van der Waals surface area contributed by atoms with E-state index in [1.54, 1.807) is 19.2 Å². The number of benzene rings is 1. The van der Waals surface area contributed by atoms with E-state index in [2.05, 4.69) is 16.0 Å². The number of rotatable bonds is 4. The third-order valence-electron chi connectivity index (χ3n) is 3.06. The lowest BCUT2D eigenvalue weighted by molar-refractivity contribution is -0.383. The molecular formula is C12H14N4O4. The van der Waals surface area contributed by atoms with Crippen LogP contribution in [0.15, 0.2) is 18.2 Å². The predicted octanol–water partition coefficient (Wildman–Crippen LogP) is 0.854. The Labute approximate surface area is 114 Å². The van der Waals surface area contributed by atoms with E-state index in [4.69, 9.17) is 0 Å². The Morgan fingerprint density at radius 3 is 2.65 bits per heavy atom. The van der Waals surface area contributed by atoms with Crippen molar-refractivity contribution in [2.45, 2.75) is 18.9 Å². The van der Waals surface area contributed by atoms with Gasteiger partial charge >= 0.3 is 5.69 Å². The third-order valence-corrected chi connectivity index (χ3v) is 3.06. The molecule has 1 atom stereocenters. The standard InChI is InChI=1S/C12H14N4O4/c1-13-7-3-2-4-8(11(7)16(19)20)14-9-5-6-10(17)15-12(9)18/h2-4,9,13-14H,5-6H2,1H3,(H,15,17,18). The number of carbonyl (C=O) groups excluding carboxylic acids is 2. The molecule has 20 heavy (non-hydrogen) atoms. The second-order valence-corrected chi connectivity index (χ2v) is 4.36. The summed E-state index contributed by atoms with van der Waals surface area (Å²) in [6.07, 6.45) is 0.522. The maximum absolute atomic E-state index is 11.7. The van der Waals surface area contributed by atoms with Gasteiger partial charge in [0.2, 0.25) is 11.8 Å². The Morgan fingerprint density at radius 2 is 2.05 bits per heavy atom. The first-order chi connectivity index (χ1) is 9.52. The molecule has 1 aliphatic rings. The number of para-hydroxylation sites is 1. The van der Waals surface area contributed by atoms with Gasteiger partial charge in [0.05, 0.1) is 4.92 Å². The molecule has 106 valence electrons. The van der Waals surface area contributed by atoms with E-state index in [-0.39, 0.29) is 23.7 Å². The first kappa shape index (κ1) is 13.8. The summed E-state index contributed by atoms with van der Waals surface area (Å²) in [6, 6.07) is 4.10. The van der Waals surface area contributed by atoms with Crippen molar-refractivity contribution in [3.8, 4) is 0 Å². The molecule has 1 saturated heterocycles. The molecule has 2 amide bonds. The molecule has 8 heteroatoms. The maximum atomic E-state index is 11.7. The number of anilines is 2. The van der Waals surface area contributed by atoms with Crippen molar-refractivity contribution in [1.82, 2.24) is 5.32 Å². The quantitative estimate of drug-likeness (QED) is 0.427. The zero-order chi connectivity index (χ0) is 14.7. The molecule has 1 fully saturated rings. The fourth-order valence-electron chi connectivity index (χ4n) is 2.08. The van der Waals surface area contributed by atoms with Crippen LogP contribution in [0.3, 0.4) is 0 Å². The van der Waals surface area contributed by atoms with E-state index in [1.165, 1.54) is 6.07 Å². The van der Waals surface area contributed by atoms with E-state index in [0.717, 1.165) is 0 Å². The van der Waals surface area contributed by atoms with Crippen LogP contribution in [0.4, 0.5) is 17.1 Å². The number of nitro groups is 1. The van der Waals surface area contributed by atoms with Crippen LogP contribution in [0, 0.1) is 10.1 Å². The molecule has 2 rings (SSSR count). The summed E-state index contributed by atoms with van der Waals surface area (Å²) < 4.78 is 0. The summed E-state index contributed by atoms with van der Waals surface area (Å²) in [4.78, 5) is 33.4. The monoisotopic (exact) mass is 278 g/mol. The van der Waals surface area contributed by atoms with E-state index < -0.39 is 16.9 Å². The predicted molar refractivity (Wildman–Crippen MR) is 72.4 cm³/mol. The lowest BCUT2D eigenvalue weighted by Crippen LogP contribution is -2.47. The highest BCUT2D eigenvalue weighted by Crippen LogP contribution is 2.33. The first-order valence-electron chi connectivity index (χ1n) is 6.08. The molecule has 1 aromatic rings. The van der Waals surface area contributed by atoms with Gasteiger partial charge in [0.15, 0.2) is 0 Å². The van der Waals surface area contributed by atoms with Crippen molar-refractivity contribution < 1.29 is 14.5 Å². The van der Waals surface area contributed by atoms with Crippen LogP contribution in [0.1, 0.15) is 12.8 Å². The van der Waals surface area contributed by atoms with Gasteiger partial charge in [0, 0.05) is 13.5 Å². The van der Waals surface area contributed by atoms with Crippen molar-refractivity contribution in [3.05, 3.63) is 28.3 Å². The van der Waals surface area contributed by atoms with E-state index >= 15 is 0 Å². The maximum Gasteiger partial charge on any atom is 0.315 e. The van der Waals surface area contributed by atoms with Crippen LogP contribution in [0.25, 0.3) is 0 Å². The number of hydrogen-bond donors (Lipinski definition) is 3. The molecule has 0 bridgehead atoms. The molecule has 1 unspecified atom stereocenters. The third kappa shape index (κ3) is 2.68. The fourth-order valence-corrected chi connectivity index (χ4v) is 2.08. The normalized spacial score (nSPS) is 18.4. The summed E-state index contributed by atoms with van der Waals surface area (Å²) in [7, 11) is 1.58. The van der Waals surface area contributed by atoms with Crippen LogP contribution in [-0.2, 0) is 9.59 Å². The molecule has 1 heterocycles. The molecule has 0 saturated carbocycles. The number of amides is 2. The smallest absolute Gasteiger partial charge is 0.315 e.